The van der Waals surface area contributed by atoms with Crippen LogP contribution in [0.15, 0.2) is 33.9 Å². The Kier molecular flexibility index (Phi) is 3.61. The van der Waals surface area contributed by atoms with Crippen LogP contribution in [0.4, 0.5) is 0 Å². The third-order valence-electron chi connectivity index (χ3n) is 3.66. The van der Waals surface area contributed by atoms with Gasteiger partial charge in [-0.3, -0.25) is 0 Å². The molecule has 2 heterocycles. The molecule has 0 radical (unpaired) electrons. The average Bonchev–Trinajstić information content (AvgIpc) is 3.01. The number of nitrogens with zero attached hydrogens (tertiary/aromatic N) is 4. The summed E-state index contributed by atoms with van der Waals surface area (Å²) in [5.41, 5.74) is 4.38. The number of phenols is 1. The lowest BCUT2D eigenvalue weighted by molar-refractivity contribution is 0.322. The van der Waals surface area contributed by atoms with E-state index in [4.69, 9.17) is 9.73 Å². The number of rotatable bonds is 3. The van der Waals surface area contributed by atoms with Crippen molar-refractivity contribution in [3.63, 3.8) is 0 Å². The molecule has 2 N–H and O–H groups in total. The van der Waals surface area contributed by atoms with Crippen molar-refractivity contribution in [2.24, 2.45) is 5.16 Å². The second-order valence-corrected chi connectivity index (χ2v) is 5.22. The van der Waals surface area contributed by atoms with Gasteiger partial charge in [0.25, 0.3) is 0 Å². The van der Waals surface area contributed by atoms with E-state index in [0.717, 1.165) is 22.6 Å². The van der Waals surface area contributed by atoms with Gasteiger partial charge in [-0.1, -0.05) is 10.3 Å². The number of hydrogen-bond acceptors (Lipinski definition) is 6. The van der Waals surface area contributed by atoms with E-state index in [1.54, 1.807) is 28.9 Å². The lowest BCUT2D eigenvalue weighted by Crippen LogP contribution is -2.01. The third-order valence-corrected chi connectivity index (χ3v) is 3.66. The lowest BCUT2D eigenvalue weighted by atomic mass is 10.0. The lowest BCUT2D eigenvalue weighted by Gasteiger charge is -2.08. The third kappa shape index (κ3) is 2.46. The fraction of sp³-hybridized carbons (Fsp3) is 0.188. The van der Waals surface area contributed by atoms with E-state index in [-0.39, 0.29) is 5.75 Å². The van der Waals surface area contributed by atoms with E-state index in [9.17, 15) is 5.11 Å². The molecule has 7 nitrogen and oxygen atoms in total. The predicted molar refractivity (Wildman–Crippen MR) is 84.3 cm³/mol. The van der Waals surface area contributed by atoms with Gasteiger partial charge in [-0.15, -0.1) is 0 Å². The topological polar surface area (TPSA) is 96.7 Å². The monoisotopic (exact) mass is 312 g/mol. The Hall–Kier alpha value is -3.09. The fourth-order valence-electron chi connectivity index (χ4n) is 2.59. The molecule has 0 atom stereocenters. The van der Waals surface area contributed by atoms with Gasteiger partial charge in [-0.05, 0) is 45.0 Å². The Balaban J connectivity index is 2.33. The second kappa shape index (κ2) is 5.60. The highest BCUT2D eigenvalue weighted by Crippen LogP contribution is 2.33. The molecule has 0 saturated heterocycles. The molecular formula is C16H16N4O3. The molecule has 3 rings (SSSR count). The van der Waals surface area contributed by atoms with E-state index in [0.29, 0.717) is 17.0 Å². The Morgan fingerprint density at radius 2 is 1.83 bits per heavy atom. The van der Waals surface area contributed by atoms with Crippen LogP contribution < -0.4 is 0 Å². The van der Waals surface area contributed by atoms with Crippen LogP contribution in [-0.4, -0.2) is 31.5 Å². The van der Waals surface area contributed by atoms with Gasteiger partial charge < -0.3 is 14.8 Å². The highest BCUT2D eigenvalue weighted by molar-refractivity contribution is 5.91. The second-order valence-electron chi connectivity index (χ2n) is 5.22. The van der Waals surface area contributed by atoms with E-state index in [1.165, 1.54) is 6.21 Å². The largest absolute Gasteiger partial charge is 0.508 e. The normalized spacial score (nSPS) is 11.4. The first-order chi connectivity index (χ1) is 11.0. The number of benzene rings is 1. The van der Waals surface area contributed by atoms with Gasteiger partial charge in [0.1, 0.15) is 11.5 Å². The van der Waals surface area contributed by atoms with E-state index in [2.05, 4.69) is 15.4 Å². The SMILES string of the molecule is Cc1nn(-c2ccc(O)cc2)c(-c2c(C)noc2C)c1/C=N/O. The van der Waals surface area contributed by atoms with Gasteiger partial charge in [0, 0.05) is 5.56 Å². The molecule has 0 fully saturated rings. The minimum absolute atomic E-state index is 0.175. The standard InChI is InChI=1S/C16H16N4O3/c1-9-14(8-17-22)16(15-10(2)19-23-11(15)3)20(18-9)12-4-6-13(21)7-5-12/h4-8,21-22H,1-3H3/b17-8+. The molecule has 118 valence electrons. The van der Waals surface area contributed by atoms with Gasteiger partial charge in [0.15, 0.2) is 0 Å². The minimum Gasteiger partial charge on any atom is -0.508 e. The van der Waals surface area contributed by atoms with Crippen molar-refractivity contribution < 1.29 is 14.8 Å². The summed E-state index contributed by atoms with van der Waals surface area (Å²) in [5, 5.41) is 30.1. The van der Waals surface area contributed by atoms with E-state index >= 15 is 0 Å². The van der Waals surface area contributed by atoms with Crippen molar-refractivity contribution >= 4 is 6.21 Å². The summed E-state index contributed by atoms with van der Waals surface area (Å²) in [6, 6.07) is 6.68. The molecule has 0 saturated carbocycles. The van der Waals surface area contributed by atoms with Crippen LogP contribution in [0.5, 0.6) is 5.75 Å². The Labute approximate surface area is 132 Å². The maximum atomic E-state index is 9.48. The highest BCUT2D eigenvalue weighted by Gasteiger charge is 2.23. The van der Waals surface area contributed by atoms with Gasteiger partial charge in [-0.2, -0.15) is 5.10 Å². The van der Waals surface area contributed by atoms with Crippen molar-refractivity contribution in [1.82, 2.24) is 14.9 Å². The van der Waals surface area contributed by atoms with Crippen LogP contribution in [0.25, 0.3) is 16.9 Å². The molecule has 0 aliphatic rings. The quantitative estimate of drug-likeness (QED) is 0.440. The van der Waals surface area contributed by atoms with Crippen LogP contribution in [0.1, 0.15) is 22.7 Å². The van der Waals surface area contributed by atoms with Crippen LogP contribution in [-0.2, 0) is 0 Å². The number of phenolic OH excluding ortho intramolecular Hbond substituents is 1. The Bertz CT molecular complexity index is 856. The minimum atomic E-state index is 0.175. The first kappa shape index (κ1) is 14.8. The van der Waals surface area contributed by atoms with Crippen molar-refractivity contribution in [2.75, 3.05) is 0 Å². The zero-order valence-electron chi connectivity index (χ0n) is 13.0. The fourth-order valence-corrected chi connectivity index (χ4v) is 2.59. The maximum absolute atomic E-state index is 9.48. The molecule has 0 bridgehead atoms. The van der Waals surface area contributed by atoms with Gasteiger partial charge in [0.05, 0.1) is 34.5 Å². The first-order valence-electron chi connectivity index (χ1n) is 7.02. The highest BCUT2D eigenvalue weighted by atomic mass is 16.5. The number of aromatic nitrogens is 3. The predicted octanol–water partition coefficient (Wildman–Crippen LogP) is 2.97. The smallest absolute Gasteiger partial charge is 0.143 e. The molecule has 3 aromatic rings. The Morgan fingerprint density at radius 1 is 1.13 bits per heavy atom. The summed E-state index contributed by atoms with van der Waals surface area (Å²) < 4.78 is 6.98. The summed E-state index contributed by atoms with van der Waals surface area (Å²) in [6.07, 6.45) is 1.35. The molecule has 23 heavy (non-hydrogen) atoms. The number of aromatic hydroxyl groups is 1. The molecule has 0 unspecified atom stereocenters. The molecule has 0 amide bonds. The van der Waals surface area contributed by atoms with Crippen LogP contribution >= 0.6 is 0 Å². The van der Waals surface area contributed by atoms with E-state index in [1.807, 2.05) is 20.8 Å². The van der Waals surface area contributed by atoms with Gasteiger partial charge in [0.2, 0.25) is 0 Å². The zero-order chi connectivity index (χ0) is 16.6. The van der Waals surface area contributed by atoms with Crippen LogP contribution in [0, 0.1) is 20.8 Å². The van der Waals surface area contributed by atoms with E-state index < -0.39 is 0 Å². The molecule has 0 aliphatic carbocycles. The number of aryl methyl sites for hydroxylation is 3. The van der Waals surface area contributed by atoms with Gasteiger partial charge in [-0.25, -0.2) is 4.68 Å². The summed E-state index contributed by atoms with van der Waals surface area (Å²) in [4.78, 5) is 0. The first-order valence-corrected chi connectivity index (χ1v) is 7.02. The summed E-state index contributed by atoms with van der Waals surface area (Å²) in [5.74, 6) is 0.823. The number of hydrogen-bond donors (Lipinski definition) is 2. The zero-order valence-corrected chi connectivity index (χ0v) is 13.0. The molecule has 7 heteroatoms. The molecule has 1 aromatic carbocycles. The van der Waals surface area contributed by atoms with Crippen molar-refractivity contribution in [2.45, 2.75) is 20.8 Å². The average molecular weight is 312 g/mol. The maximum Gasteiger partial charge on any atom is 0.143 e. The molecule has 2 aromatic heterocycles. The van der Waals surface area contributed by atoms with Crippen LogP contribution in [0.2, 0.25) is 0 Å². The number of oxime groups is 1. The van der Waals surface area contributed by atoms with Gasteiger partial charge >= 0.3 is 0 Å². The molecular weight excluding hydrogens is 296 g/mol. The van der Waals surface area contributed by atoms with Crippen LogP contribution in [0.3, 0.4) is 0 Å². The molecule has 0 aliphatic heterocycles. The summed E-state index contributed by atoms with van der Waals surface area (Å²) >= 11 is 0. The molecule has 0 spiro atoms. The summed E-state index contributed by atoms with van der Waals surface area (Å²) in [6.45, 7) is 5.49. The van der Waals surface area contributed by atoms with Crippen molar-refractivity contribution in [3.8, 4) is 22.7 Å². The van der Waals surface area contributed by atoms with Crippen molar-refractivity contribution in [3.05, 3.63) is 47.0 Å². The summed E-state index contributed by atoms with van der Waals surface area (Å²) in [7, 11) is 0. The Morgan fingerprint density at radius 3 is 2.39 bits per heavy atom. The van der Waals surface area contributed by atoms with Crippen molar-refractivity contribution in [1.29, 1.82) is 0 Å².